The van der Waals surface area contributed by atoms with Crippen molar-refractivity contribution < 1.29 is 0 Å². The number of aromatic nitrogens is 3. The monoisotopic (exact) mass is 224 g/mol. The van der Waals surface area contributed by atoms with Crippen LogP contribution in [0.25, 0.3) is 0 Å². The minimum absolute atomic E-state index is 0.0454. The average Bonchev–Trinajstić information content (AvgIpc) is 2.57. The molecule has 1 saturated carbocycles. The first-order valence-corrected chi connectivity index (χ1v) is 5.84. The summed E-state index contributed by atoms with van der Waals surface area (Å²) in [6.07, 6.45) is 5.33. The molecule has 1 aliphatic carbocycles. The van der Waals surface area contributed by atoms with E-state index in [0.717, 1.165) is 19.4 Å². The third-order valence-electron chi connectivity index (χ3n) is 3.99. The largest absolute Gasteiger partial charge is 0.344 e. The maximum absolute atomic E-state index is 11.5. The lowest BCUT2D eigenvalue weighted by Gasteiger charge is -2.48. The number of rotatable bonds is 1. The van der Waals surface area contributed by atoms with Gasteiger partial charge in [0.25, 0.3) is 0 Å². The molecule has 2 heterocycles. The Kier molecular flexibility index (Phi) is 2.07. The number of aromatic amines is 2. The van der Waals surface area contributed by atoms with Crippen molar-refractivity contribution in [3.63, 3.8) is 0 Å². The minimum Gasteiger partial charge on any atom is -0.311 e. The molecule has 3 rings (SSSR count). The first kappa shape index (κ1) is 9.89. The van der Waals surface area contributed by atoms with Gasteiger partial charge in [-0.15, -0.1) is 0 Å². The number of piperidine rings is 1. The normalized spacial score (nSPS) is 27.9. The number of nitrogens with zero attached hydrogens (tertiary/aromatic N) is 1. The van der Waals surface area contributed by atoms with Crippen LogP contribution >= 0.6 is 0 Å². The summed E-state index contributed by atoms with van der Waals surface area (Å²) >= 11 is 0. The lowest BCUT2D eigenvalue weighted by molar-refractivity contribution is 0.107. The second kappa shape index (κ2) is 3.35. The molecule has 1 unspecified atom stereocenters. The molecule has 16 heavy (non-hydrogen) atoms. The highest BCUT2D eigenvalue weighted by Gasteiger charge is 2.42. The molecule has 6 heteroatoms. The van der Waals surface area contributed by atoms with Crippen LogP contribution in [-0.2, 0) is 0 Å². The Labute approximate surface area is 92.0 Å². The topological polar surface area (TPSA) is 82.7 Å². The number of hydrogen-bond donors (Lipinski definition) is 3. The molecule has 3 N–H and O–H groups in total. The second-order valence-corrected chi connectivity index (χ2v) is 4.94. The van der Waals surface area contributed by atoms with Gasteiger partial charge in [-0.25, -0.2) is 24.4 Å². The van der Waals surface area contributed by atoms with Crippen molar-refractivity contribution in [1.29, 1.82) is 0 Å². The Morgan fingerprint density at radius 3 is 2.44 bits per heavy atom. The van der Waals surface area contributed by atoms with E-state index in [0.29, 0.717) is 0 Å². The van der Waals surface area contributed by atoms with Gasteiger partial charge in [0.2, 0.25) is 0 Å². The lowest BCUT2D eigenvalue weighted by atomic mass is 9.70. The zero-order valence-corrected chi connectivity index (χ0v) is 9.08. The van der Waals surface area contributed by atoms with Crippen LogP contribution in [-0.4, -0.2) is 26.8 Å². The molecule has 1 spiro atoms. The Morgan fingerprint density at radius 1 is 1.19 bits per heavy atom. The van der Waals surface area contributed by atoms with Crippen molar-refractivity contribution in [3.05, 3.63) is 21.0 Å². The zero-order valence-electron chi connectivity index (χ0n) is 9.08. The van der Waals surface area contributed by atoms with E-state index in [1.165, 1.54) is 23.8 Å². The first-order valence-electron chi connectivity index (χ1n) is 5.84. The molecule has 2 aliphatic rings. The van der Waals surface area contributed by atoms with E-state index in [-0.39, 0.29) is 23.0 Å². The molecule has 2 fully saturated rings. The van der Waals surface area contributed by atoms with Gasteiger partial charge < -0.3 is 5.32 Å². The van der Waals surface area contributed by atoms with Crippen molar-refractivity contribution in [1.82, 2.24) is 20.1 Å². The molecular weight excluding hydrogens is 208 g/mol. The Bertz CT molecular complexity index is 466. The maximum atomic E-state index is 11.5. The smallest absolute Gasteiger partial charge is 0.311 e. The van der Waals surface area contributed by atoms with Crippen LogP contribution in [0.15, 0.2) is 9.59 Å². The van der Waals surface area contributed by atoms with Crippen molar-refractivity contribution in [3.8, 4) is 0 Å². The van der Waals surface area contributed by atoms with Crippen molar-refractivity contribution in [2.45, 2.75) is 43.7 Å². The summed E-state index contributed by atoms with van der Waals surface area (Å²) in [4.78, 5) is 23.0. The standard InChI is InChI=1S/C10H16N4O2/c15-8-12-13-9(16)14(8)7-2-5-11-10(6-7)3-1-4-10/h7,11H,1-6H2,(H,12,15)(H,13,16). The fourth-order valence-electron chi connectivity index (χ4n) is 2.99. The molecule has 0 bridgehead atoms. The number of hydrogen-bond acceptors (Lipinski definition) is 3. The van der Waals surface area contributed by atoms with Gasteiger partial charge in [0.1, 0.15) is 0 Å². The average molecular weight is 224 g/mol. The highest BCUT2D eigenvalue weighted by Crippen LogP contribution is 2.41. The summed E-state index contributed by atoms with van der Waals surface area (Å²) in [5.41, 5.74) is -0.427. The predicted octanol–water partition coefficient (Wildman–Crippen LogP) is -0.288. The van der Waals surface area contributed by atoms with E-state index in [9.17, 15) is 9.59 Å². The van der Waals surface area contributed by atoms with E-state index in [1.807, 2.05) is 0 Å². The van der Waals surface area contributed by atoms with E-state index >= 15 is 0 Å². The first-order chi connectivity index (χ1) is 7.70. The molecule has 1 aromatic heterocycles. The second-order valence-electron chi connectivity index (χ2n) is 4.94. The molecule has 1 saturated heterocycles. The quantitative estimate of drug-likeness (QED) is 0.613. The molecule has 1 atom stereocenters. The van der Waals surface area contributed by atoms with Crippen molar-refractivity contribution >= 4 is 0 Å². The third kappa shape index (κ3) is 1.36. The van der Waals surface area contributed by atoms with Crippen LogP contribution in [0, 0.1) is 0 Å². The molecule has 1 aromatic rings. The molecule has 0 radical (unpaired) electrons. The van der Waals surface area contributed by atoms with Crippen molar-refractivity contribution in [2.75, 3.05) is 6.54 Å². The summed E-state index contributed by atoms with van der Waals surface area (Å²) in [6, 6.07) is 0.0454. The Hall–Kier alpha value is -1.30. The van der Waals surface area contributed by atoms with Gasteiger partial charge in [0, 0.05) is 11.6 Å². The Balaban J connectivity index is 1.90. The minimum atomic E-state index is -0.314. The molecule has 88 valence electrons. The summed E-state index contributed by atoms with van der Waals surface area (Å²) in [7, 11) is 0. The van der Waals surface area contributed by atoms with E-state index in [1.54, 1.807) is 0 Å². The zero-order chi connectivity index (χ0) is 11.2. The van der Waals surface area contributed by atoms with Crippen LogP contribution in [0.5, 0.6) is 0 Å². The molecule has 0 amide bonds. The number of H-pyrrole nitrogens is 2. The highest BCUT2D eigenvalue weighted by molar-refractivity contribution is 5.01. The van der Waals surface area contributed by atoms with Gasteiger partial charge in [-0.2, -0.15) is 0 Å². The summed E-state index contributed by atoms with van der Waals surface area (Å²) < 4.78 is 1.33. The van der Waals surface area contributed by atoms with E-state index < -0.39 is 0 Å². The van der Waals surface area contributed by atoms with Gasteiger partial charge >= 0.3 is 11.4 Å². The van der Waals surface area contributed by atoms with Gasteiger partial charge in [-0.05, 0) is 38.6 Å². The fraction of sp³-hybridized carbons (Fsp3) is 0.800. The fourth-order valence-corrected chi connectivity index (χ4v) is 2.99. The summed E-state index contributed by atoms with van der Waals surface area (Å²) in [6.45, 7) is 0.891. The molecule has 1 aliphatic heterocycles. The van der Waals surface area contributed by atoms with Crippen LogP contribution in [0.4, 0.5) is 0 Å². The number of nitrogens with one attached hydrogen (secondary N) is 3. The Morgan fingerprint density at radius 2 is 1.88 bits per heavy atom. The van der Waals surface area contributed by atoms with E-state index in [4.69, 9.17) is 0 Å². The van der Waals surface area contributed by atoms with Gasteiger partial charge in [-0.1, -0.05) is 0 Å². The lowest BCUT2D eigenvalue weighted by Crippen LogP contribution is -2.57. The van der Waals surface area contributed by atoms with Crippen molar-refractivity contribution in [2.24, 2.45) is 0 Å². The highest BCUT2D eigenvalue weighted by atomic mass is 16.2. The molecule has 0 aromatic carbocycles. The summed E-state index contributed by atoms with van der Waals surface area (Å²) in [5, 5.41) is 8.22. The van der Waals surface area contributed by atoms with Crippen LogP contribution in [0.2, 0.25) is 0 Å². The van der Waals surface area contributed by atoms with Gasteiger partial charge in [-0.3, -0.25) is 0 Å². The maximum Gasteiger partial charge on any atom is 0.344 e. The third-order valence-corrected chi connectivity index (χ3v) is 3.99. The van der Waals surface area contributed by atoms with Crippen LogP contribution < -0.4 is 16.7 Å². The van der Waals surface area contributed by atoms with Crippen LogP contribution in [0.1, 0.15) is 38.1 Å². The van der Waals surface area contributed by atoms with E-state index in [2.05, 4.69) is 15.5 Å². The predicted molar refractivity (Wildman–Crippen MR) is 58.5 cm³/mol. The molecule has 6 nitrogen and oxygen atoms in total. The van der Waals surface area contributed by atoms with Gasteiger partial charge in [0.15, 0.2) is 0 Å². The molecular formula is C10H16N4O2. The SMILES string of the molecule is O=c1[nH][nH]c(=O)n1C1CCNC2(CCC2)C1. The van der Waals surface area contributed by atoms with Gasteiger partial charge in [0.05, 0.1) is 0 Å². The summed E-state index contributed by atoms with van der Waals surface area (Å²) in [5.74, 6) is 0. The van der Waals surface area contributed by atoms with Crippen LogP contribution in [0.3, 0.4) is 0 Å².